The number of allylic oxidation sites excluding steroid dienone is 1. The Balaban J connectivity index is 1.50. The molecule has 1 heterocycles. The summed E-state index contributed by atoms with van der Waals surface area (Å²) in [7, 11) is 0. The van der Waals surface area contributed by atoms with Gasteiger partial charge < -0.3 is 10.1 Å². The fourth-order valence-corrected chi connectivity index (χ4v) is 2.47. The third-order valence-corrected chi connectivity index (χ3v) is 3.79. The van der Waals surface area contributed by atoms with Crippen molar-refractivity contribution >= 4 is 5.91 Å². The molecule has 1 aliphatic heterocycles. The van der Waals surface area contributed by atoms with E-state index < -0.39 is 0 Å². The molecule has 0 aliphatic carbocycles. The third-order valence-electron chi connectivity index (χ3n) is 3.79. The number of ether oxygens (including phenoxy) is 1. The minimum atomic E-state index is 0.0185. The SMILES string of the molecule is O=C(C=CCCCCc1ccccc1)NCC1CCOC1. The lowest BCUT2D eigenvalue weighted by Crippen LogP contribution is -2.27. The van der Waals surface area contributed by atoms with E-state index in [2.05, 4.69) is 29.6 Å². The molecule has 2 rings (SSSR count). The molecule has 1 atom stereocenters. The van der Waals surface area contributed by atoms with Gasteiger partial charge in [0.1, 0.15) is 0 Å². The maximum Gasteiger partial charge on any atom is 0.243 e. The molecule has 3 nitrogen and oxygen atoms in total. The van der Waals surface area contributed by atoms with Gasteiger partial charge in [-0.15, -0.1) is 0 Å². The first-order chi connectivity index (χ1) is 10.3. The first-order valence-corrected chi connectivity index (χ1v) is 7.90. The lowest BCUT2D eigenvalue weighted by Gasteiger charge is -2.07. The van der Waals surface area contributed by atoms with Gasteiger partial charge in [0.25, 0.3) is 0 Å². The van der Waals surface area contributed by atoms with Crippen molar-refractivity contribution in [3.05, 3.63) is 48.0 Å². The van der Waals surface area contributed by atoms with Crippen molar-refractivity contribution < 1.29 is 9.53 Å². The van der Waals surface area contributed by atoms with Crippen LogP contribution in [0.1, 0.15) is 31.2 Å². The van der Waals surface area contributed by atoms with Gasteiger partial charge in [-0.05, 0) is 43.7 Å². The molecule has 1 amide bonds. The van der Waals surface area contributed by atoms with Crippen LogP contribution in [0, 0.1) is 5.92 Å². The van der Waals surface area contributed by atoms with Crippen LogP contribution in [0.3, 0.4) is 0 Å². The second kappa shape index (κ2) is 9.35. The van der Waals surface area contributed by atoms with Gasteiger partial charge in [0.05, 0.1) is 6.61 Å². The summed E-state index contributed by atoms with van der Waals surface area (Å²) in [6.07, 6.45) is 9.06. The number of hydrogen-bond acceptors (Lipinski definition) is 2. The quantitative estimate of drug-likeness (QED) is 0.589. The number of hydrogen-bond donors (Lipinski definition) is 1. The van der Waals surface area contributed by atoms with Crippen LogP contribution in [-0.2, 0) is 16.0 Å². The van der Waals surface area contributed by atoms with Crippen LogP contribution in [-0.4, -0.2) is 25.7 Å². The van der Waals surface area contributed by atoms with E-state index in [0.717, 1.165) is 51.9 Å². The van der Waals surface area contributed by atoms with E-state index in [0.29, 0.717) is 5.92 Å². The van der Waals surface area contributed by atoms with E-state index in [4.69, 9.17) is 4.74 Å². The second-order valence-electron chi connectivity index (χ2n) is 5.61. The second-order valence-corrected chi connectivity index (χ2v) is 5.61. The number of carbonyl (C=O) groups excluding carboxylic acids is 1. The number of amides is 1. The van der Waals surface area contributed by atoms with Crippen molar-refractivity contribution in [1.29, 1.82) is 0 Å². The molecule has 1 aromatic rings. The Morgan fingerprint density at radius 1 is 1.29 bits per heavy atom. The number of aryl methyl sites for hydroxylation is 1. The minimum absolute atomic E-state index is 0.0185. The smallest absolute Gasteiger partial charge is 0.243 e. The monoisotopic (exact) mass is 287 g/mol. The summed E-state index contributed by atoms with van der Waals surface area (Å²) >= 11 is 0. The van der Waals surface area contributed by atoms with Gasteiger partial charge in [0.2, 0.25) is 5.91 Å². The summed E-state index contributed by atoms with van der Waals surface area (Å²) in [5.41, 5.74) is 1.39. The number of rotatable bonds is 8. The molecule has 0 bridgehead atoms. The third kappa shape index (κ3) is 6.58. The van der Waals surface area contributed by atoms with Crippen molar-refractivity contribution in [1.82, 2.24) is 5.32 Å². The molecule has 0 spiro atoms. The highest BCUT2D eigenvalue weighted by molar-refractivity contribution is 5.87. The molecule has 0 radical (unpaired) electrons. The predicted octanol–water partition coefficient (Wildman–Crippen LogP) is 3.11. The standard InChI is InChI=1S/C18H25NO2/c20-18(19-14-17-12-13-21-15-17)11-7-2-1-4-8-16-9-5-3-6-10-16/h3,5-7,9-11,17H,1-2,4,8,12-15H2,(H,19,20). The zero-order chi connectivity index (χ0) is 14.8. The molecule has 1 saturated heterocycles. The minimum Gasteiger partial charge on any atom is -0.381 e. The average Bonchev–Trinajstić information content (AvgIpc) is 3.03. The first-order valence-electron chi connectivity index (χ1n) is 7.90. The molecule has 3 heteroatoms. The highest BCUT2D eigenvalue weighted by atomic mass is 16.5. The molecule has 1 N–H and O–H groups in total. The Kier molecular flexibility index (Phi) is 7.02. The van der Waals surface area contributed by atoms with Crippen molar-refractivity contribution in [3.63, 3.8) is 0 Å². The average molecular weight is 287 g/mol. The van der Waals surface area contributed by atoms with Crippen molar-refractivity contribution in [2.75, 3.05) is 19.8 Å². The highest BCUT2D eigenvalue weighted by Crippen LogP contribution is 2.10. The normalized spacial score (nSPS) is 18.2. The van der Waals surface area contributed by atoms with Crippen LogP contribution in [0.15, 0.2) is 42.5 Å². The predicted molar refractivity (Wildman–Crippen MR) is 85.1 cm³/mol. The van der Waals surface area contributed by atoms with E-state index in [1.54, 1.807) is 6.08 Å². The van der Waals surface area contributed by atoms with Crippen LogP contribution in [0.25, 0.3) is 0 Å². The molecule has 1 unspecified atom stereocenters. The Morgan fingerprint density at radius 2 is 2.14 bits per heavy atom. The maximum absolute atomic E-state index is 11.6. The number of nitrogens with one attached hydrogen (secondary N) is 1. The molecular formula is C18H25NO2. The maximum atomic E-state index is 11.6. The van der Waals surface area contributed by atoms with Crippen molar-refractivity contribution in [2.45, 2.75) is 32.1 Å². The lowest BCUT2D eigenvalue weighted by atomic mass is 10.1. The van der Waals surface area contributed by atoms with Crippen LogP contribution < -0.4 is 5.32 Å². The molecule has 114 valence electrons. The molecule has 0 aromatic heterocycles. The van der Waals surface area contributed by atoms with E-state index in [-0.39, 0.29) is 5.91 Å². The first kappa shape index (κ1) is 15.8. The number of benzene rings is 1. The van der Waals surface area contributed by atoms with Gasteiger partial charge >= 0.3 is 0 Å². The topological polar surface area (TPSA) is 38.3 Å². The fraction of sp³-hybridized carbons (Fsp3) is 0.500. The summed E-state index contributed by atoms with van der Waals surface area (Å²) < 4.78 is 5.28. The Hall–Kier alpha value is -1.61. The van der Waals surface area contributed by atoms with Gasteiger partial charge in [0.15, 0.2) is 0 Å². The lowest BCUT2D eigenvalue weighted by molar-refractivity contribution is -0.116. The van der Waals surface area contributed by atoms with E-state index in [1.165, 1.54) is 5.56 Å². The summed E-state index contributed by atoms with van der Waals surface area (Å²) in [6.45, 7) is 2.35. The Morgan fingerprint density at radius 3 is 2.90 bits per heavy atom. The number of carbonyl (C=O) groups is 1. The Labute approximate surface area is 127 Å². The zero-order valence-corrected chi connectivity index (χ0v) is 12.6. The zero-order valence-electron chi connectivity index (χ0n) is 12.6. The van der Waals surface area contributed by atoms with Gasteiger partial charge in [-0.2, -0.15) is 0 Å². The molecule has 0 saturated carbocycles. The fourth-order valence-electron chi connectivity index (χ4n) is 2.47. The highest BCUT2D eigenvalue weighted by Gasteiger charge is 2.15. The van der Waals surface area contributed by atoms with Crippen LogP contribution in [0.2, 0.25) is 0 Å². The van der Waals surface area contributed by atoms with Gasteiger partial charge in [0, 0.05) is 19.1 Å². The van der Waals surface area contributed by atoms with E-state index >= 15 is 0 Å². The molecule has 1 aromatic carbocycles. The summed E-state index contributed by atoms with van der Waals surface area (Å²) in [6, 6.07) is 10.5. The molecule has 21 heavy (non-hydrogen) atoms. The van der Waals surface area contributed by atoms with Crippen LogP contribution in [0.4, 0.5) is 0 Å². The summed E-state index contributed by atoms with van der Waals surface area (Å²) in [4.78, 5) is 11.6. The van der Waals surface area contributed by atoms with Gasteiger partial charge in [-0.3, -0.25) is 4.79 Å². The summed E-state index contributed by atoms with van der Waals surface area (Å²) in [5.74, 6) is 0.512. The van der Waals surface area contributed by atoms with Crippen LogP contribution >= 0.6 is 0 Å². The Bertz CT molecular complexity index is 436. The van der Waals surface area contributed by atoms with E-state index in [9.17, 15) is 4.79 Å². The van der Waals surface area contributed by atoms with E-state index in [1.807, 2.05) is 12.1 Å². The molecule has 1 aliphatic rings. The number of unbranched alkanes of at least 4 members (excludes halogenated alkanes) is 2. The summed E-state index contributed by atoms with van der Waals surface area (Å²) in [5, 5.41) is 2.94. The van der Waals surface area contributed by atoms with Crippen molar-refractivity contribution in [2.24, 2.45) is 5.92 Å². The molecule has 1 fully saturated rings. The van der Waals surface area contributed by atoms with Crippen molar-refractivity contribution in [3.8, 4) is 0 Å². The molecular weight excluding hydrogens is 262 g/mol. The van der Waals surface area contributed by atoms with Crippen LogP contribution in [0.5, 0.6) is 0 Å². The largest absolute Gasteiger partial charge is 0.381 e. The van der Waals surface area contributed by atoms with Gasteiger partial charge in [-0.25, -0.2) is 0 Å². The van der Waals surface area contributed by atoms with Gasteiger partial charge in [-0.1, -0.05) is 36.4 Å².